The molecule has 2 nitrogen and oxygen atoms in total. The average molecular weight is 488 g/mol. The zero-order valence-corrected chi connectivity index (χ0v) is 19.8. The van der Waals surface area contributed by atoms with Gasteiger partial charge >= 0.3 is 0 Å². The molecule has 0 spiro atoms. The highest BCUT2D eigenvalue weighted by molar-refractivity contribution is 9.10. The molecule has 2 fully saturated rings. The van der Waals surface area contributed by atoms with Crippen LogP contribution in [0.5, 0.6) is 5.75 Å². The van der Waals surface area contributed by atoms with Crippen molar-refractivity contribution in [2.75, 3.05) is 5.88 Å². The first-order valence-electron chi connectivity index (χ1n) is 11.1. The van der Waals surface area contributed by atoms with Crippen LogP contribution in [0, 0.1) is 23.2 Å². The largest absolute Gasteiger partial charge is 0.507 e. The van der Waals surface area contributed by atoms with Crippen molar-refractivity contribution in [3.63, 3.8) is 0 Å². The summed E-state index contributed by atoms with van der Waals surface area (Å²) in [4.78, 5) is 0. The third-order valence-corrected chi connectivity index (χ3v) is 9.87. The fourth-order valence-electron chi connectivity index (χ4n) is 6.99. The van der Waals surface area contributed by atoms with Gasteiger partial charge in [0.15, 0.2) is 0 Å². The number of halogens is 3. The molecule has 29 heavy (non-hydrogen) atoms. The van der Waals surface area contributed by atoms with Crippen molar-refractivity contribution in [1.29, 1.82) is 0 Å². The van der Waals surface area contributed by atoms with Gasteiger partial charge in [-0.1, -0.05) is 25.8 Å². The molecule has 7 atom stereocenters. The summed E-state index contributed by atoms with van der Waals surface area (Å²) in [5, 5.41) is 21.4. The summed E-state index contributed by atoms with van der Waals surface area (Å²) in [5.74, 6) is 1.75. The summed E-state index contributed by atoms with van der Waals surface area (Å²) in [6, 6.07) is 3.64. The second-order valence-corrected chi connectivity index (χ2v) is 11.3. The molecule has 3 aliphatic carbocycles. The Morgan fingerprint density at radius 3 is 2.72 bits per heavy atom. The highest BCUT2D eigenvalue weighted by atomic mass is 79.9. The van der Waals surface area contributed by atoms with E-state index < -0.39 is 11.8 Å². The summed E-state index contributed by atoms with van der Waals surface area (Å²) < 4.78 is 16.6. The predicted octanol–water partition coefficient (Wildman–Crippen LogP) is 6.74. The van der Waals surface area contributed by atoms with Gasteiger partial charge < -0.3 is 10.2 Å². The van der Waals surface area contributed by atoms with Gasteiger partial charge in [-0.2, -0.15) is 0 Å². The molecule has 0 amide bonds. The number of phenols is 1. The predicted molar refractivity (Wildman–Crippen MR) is 119 cm³/mol. The molecule has 1 aromatic rings. The number of alkyl halides is 2. The number of unbranched alkanes of at least 4 members (excludes halogenated alkanes) is 2. The van der Waals surface area contributed by atoms with E-state index in [9.17, 15) is 10.2 Å². The normalized spacial score (nSPS) is 41.0. The molecule has 162 valence electrons. The molecule has 5 heteroatoms. The maximum Gasteiger partial charge on any atom is 0.130 e. The third-order valence-electron chi connectivity index (χ3n) is 8.72. The second kappa shape index (κ2) is 7.98. The lowest BCUT2D eigenvalue weighted by molar-refractivity contribution is -0.120. The molecule has 0 aliphatic heterocycles. The Bertz CT molecular complexity index is 769. The topological polar surface area (TPSA) is 40.5 Å². The molecule has 3 aliphatic rings. The zero-order valence-electron chi connectivity index (χ0n) is 17.4. The zero-order chi connectivity index (χ0) is 21.0. The Kier molecular flexibility index (Phi) is 6.03. The fraction of sp³-hybridized carbons (Fsp3) is 0.750. The number of benzene rings is 1. The van der Waals surface area contributed by atoms with Crippen molar-refractivity contribution in [2.45, 2.75) is 82.9 Å². The molecule has 4 rings (SSSR count). The lowest BCUT2D eigenvalue weighted by Gasteiger charge is -2.56. The minimum Gasteiger partial charge on any atom is -0.507 e. The first kappa shape index (κ1) is 21.9. The second-order valence-electron chi connectivity index (χ2n) is 10.1. The van der Waals surface area contributed by atoms with Crippen LogP contribution in [0.2, 0.25) is 0 Å². The van der Waals surface area contributed by atoms with Crippen LogP contribution in [-0.4, -0.2) is 27.9 Å². The van der Waals surface area contributed by atoms with Gasteiger partial charge in [-0.3, -0.25) is 0 Å². The SMILES string of the molecule is C[C@]12C[C@H](F)[C@@H]3c4ccc(O)c(Br)c4CC(CCCCCCl)[C@H]3[C@@H]1CC[C@@]2(C)O. The standard InChI is InChI=1S/C24H33BrClFO2/c1-23-13-18(27)21-15-7-8-19(28)22(25)16(15)12-14(6-4-3-5-11-26)20(21)17(23)9-10-24(23,2)29/h7-8,14,17-18,20-21,28-29H,3-6,9-13H2,1-2H3/t14?,17-,18-,20-,21-,23-,24+/m0/s1. The van der Waals surface area contributed by atoms with Crippen LogP contribution in [0.1, 0.15) is 75.8 Å². The Hall–Kier alpha value is -0.320. The van der Waals surface area contributed by atoms with E-state index in [1.165, 1.54) is 0 Å². The molecule has 0 bridgehead atoms. The summed E-state index contributed by atoms with van der Waals surface area (Å²) >= 11 is 9.45. The van der Waals surface area contributed by atoms with Crippen LogP contribution in [0.3, 0.4) is 0 Å². The van der Waals surface area contributed by atoms with Gasteiger partial charge in [-0.15, -0.1) is 11.6 Å². The minimum absolute atomic E-state index is 0.138. The molecular formula is C24H33BrClFO2. The fourth-order valence-corrected chi connectivity index (χ4v) is 7.70. The Morgan fingerprint density at radius 2 is 2.00 bits per heavy atom. The molecule has 1 unspecified atom stereocenters. The van der Waals surface area contributed by atoms with E-state index in [2.05, 4.69) is 22.9 Å². The van der Waals surface area contributed by atoms with Crippen molar-refractivity contribution >= 4 is 27.5 Å². The van der Waals surface area contributed by atoms with Gasteiger partial charge in [0, 0.05) is 17.2 Å². The van der Waals surface area contributed by atoms with E-state index in [1.807, 2.05) is 13.0 Å². The van der Waals surface area contributed by atoms with Gasteiger partial charge in [0.2, 0.25) is 0 Å². The molecule has 2 saturated carbocycles. The number of hydrogen-bond acceptors (Lipinski definition) is 2. The van der Waals surface area contributed by atoms with Gasteiger partial charge in [0.05, 0.1) is 10.1 Å². The van der Waals surface area contributed by atoms with E-state index in [0.717, 1.165) is 60.5 Å². The van der Waals surface area contributed by atoms with Crippen LogP contribution in [0.4, 0.5) is 4.39 Å². The van der Waals surface area contributed by atoms with E-state index in [-0.39, 0.29) is 23.0 Å². The van der Waals surface area contributed by atoms with Crippen molar-refractivity contribution in [2.24, 2.45) is 23.2 Å². The number of phenolic OH excluding ortho intramolecular Hbond substituents is 1. The maximum absolute atomic E-state index is 15.9. The number of aromatic hydroxyl groups is 1. The van der Waals surface area contributed by atoms with Gasteiger partial charge in [-0.05, 0) is 96.3 Å². The Balaban J connectivity index is 1.74. The van der Waals surface area contributed by atoms with Crippen molar-refractivity contribution in [3.8, 4) is 5.75 Å². The molecule has 2 N–H and O–H groups in total. The highest BCUT2D eigenvalue weighted by Crippen LogP contribution is 2.66. The van der Waals surface area contributed by atoms with Crippen LogP contribution in [0.15, 0.2) is 16.6 Å². The summed E-state index contributed by atoms with van der Waals surface area (Å²) in [7, 11) is 0. The van der Waals surface area contributed by atoms with Crippen molar-refractivity contribution in [3.05, 3.63) is 27.7 Å². The molecule has 1 aromatic carbocycles. The average Bonchev–Trinajstić information content (AvgIpc) is 2.90. The van der Waals surface area contributed by atoms with Crippen LogP contribution < -0.4 is 0 Å². The van der Waals surface area contributed by atoms with Crippen molar-refractivity contribution < 1.29 is 14.6 Å². The number of rotatable bonds is 5. The first-order valence-corrected chi connectivity index (χ1v) is 12.5. The third kappa shape index (κ3) is 3.46. The molecule has 0 aromatic heterocycles. The Morgan fingerprint density at radius 1 is 1.24 bits per heavy atom. The van der Waals surface area contributed by atoms with Crippen LogP contribution in [0.25, 0.3) is 0 Å². The number of fused-ring (bicyclic) bond motifs is 5. The van der Waals surface area contributed by atoms with E-state index in [1.54, 1.807) is 6.07 Å². The molecular weight excluding hydrogens is 455 g/mol. The minimum atomic E-state index is -0.966. The molecule has 0 saturated heterocycles. The number of hydrogen-bond donors (Lipinski definition) is 2. The lowest BCUT2D eigenvalue weighted by Crippen LogP contribution is -2.55. The van der Waals surface area contributed by atoms with Gasteiger partial charge in [-0.25, -0.2) is 4.39 Å². The van der Waals surface area contributed by atoms with Gasteiger partial charge in [0.1, 0.15) is 11.9 Å². The summed E-state index contributed by atoms with van der Waals surface area (Å²) in [5.41, 5.74) is 0.988. The van der Waals surface area contributed by atoms with E-state index in [0.29, 0.717) is 24.1 Å². The van der Waals surface area contributed by atoms with Crippen LogP contribution in [-0.2, 0) is 6.42 Å². The smallest absolute Gasteiger partial charge is 0.130 e. The highest BCUT2D eigenvalue weighted by Gasteiger charge is 2.63. The van der Waals surface area contributed by atoms with E-state index >= 15 is 4.39 Å². The molecule has 0 radical (unpaired) electrons. The molecule has 0 heterocycles. The first-order chi connectivity index (χ1) is 13.7. The number of aliphatic hydroxyl groups is 1. The Labute approximate surface area is 187 Å². The maximum atomic E-state index is 15.9. The van der Waals surface area contributed by atoms with Crippen molar-refractivity contribution in [1.82, 2.24) is 0 Å². The monoisotopic (exact) mass is 486 g/mol. The quantitative estimate of drug-likeness (QED) is 0.357. The van der Waals surface area contributed by atoms with E-state index in [4.69, 9.17) is 11.6 Å². The lowest BCUT2D eigenvalue weighted by atomic mass is 9.50. The van der Waals surface area contributed by atoms with Crippen LogP contribution >= 0.6 is 27.5 Å². The summed E-state index contributed by atoms with van der Waals surface area (Å²) in [6.45, 7) is 4.04. The van der Waals surface area contributed by atoms with Gasteiger partial charge in [0.25, 0.3) is 0 Å². The summed E-state index contributed by atoms with van der Waals surface area (Å²) in [6.07, 6.45) is 6.33.